The van der Waals surface area contributed by atoms with Gasteiger partial charge in [0, 0.05) is 16.7 Å². The number of halogens is 2. The Morgan fingerprint density at radius 3 is 2.12 bits per heavy atom. The first-order valence-corrected chi connectivity index (χ1v) is 9.06. The molecule has 0 aliphatic heterocycles. The van der Waals surface area contributed by atoms with E-state index in [-0.39, 0.29) is 17.2 Å². The summed E-state index contributed by atoms with van der Waals surface area (Å²) in [5.74, 6) is 0.0775. The summed E-state index contributed by atoms with van der Waals surface area (Å²) in [5, 5.41) is 0.714. The van der Waals surface area contributed by atoms with Gasteiger partial charge >= 0.3 is 0 Å². The van der Waals surface area contributed by atoms with E-state index in [9.17, 15) is 8.78 Å². The fraction of sp³-hybridized carbons (Fsp3) is 0.200. The number of hydrogen-bond donors (Lipinski definition) is 0. The highest BCUT2D eigenvalue weighted by atomic mass is 32.1. The van der Waals surface area contributed by atoms with Gasteiger partial charge < -0.3 is 4.57 Å². The molecule has 0 aliphatic carbocycles. The molecule has 2 aromatic heterocycles. The molecule has 4 aromatic rings. The summed E-state index contributed by atoms with van der Waals surface area (Å²) in [5.41, 5.74) is 1.74. The SMILES string of the molecule is CC(C)(C)n1c(-c2cccc(F)c2)nc2nc(-c3cccc(F)c3)sc21. The van der Waals surface area contributed by atoms with Gasteiger partial charge in [-0.3, -0.25) is 0 Å². The van der Waals surface area contributed by atoms with E-state index in [1.165, 1.54) is 35.6 Å². The quantitative estimate of drug-likeness (QED) is 0.443. The lowest BCUT2D eigenvalue weighted by Crippen LogP contribution is -2.22. The Balaban J connectivity index is 1.94. The normalized spacial score (nSPS) is 12.0. The van der Waals surface area contributed by atoms with Crippen molar-refractivity contribution in [2.24, 2.45) is 0 Å². The van der Waals surface area contributed by atoms with Crippen LogP contribution < -0.4 is 0 Å². The van der Waals surface area contributed by atoms with E-state index in [1.54, 1.807) is 12.1 Å². The zero-order valence-electron chi connectivity index (χ0n) is 14.6. The Hall–Kier alpha value is -2.60. The molecule has 0 amide bonds. The monoisotopic (exact) mass is 369 g/mol. The third-order valence-electron chi connectivity index (χ3n) is 4.04. The largest absolute Gasteiger partial charge is 0.309 e. The topological polar surface area (TPSA) is 30.7 Å². The molecule has 0 saturated carbocycles. The van der Waals surface area contributed by atoms with Crippen molar-refractivity contribution in [3.63, 3.8) is 0 Å². The van der Waals surface area contributed by atoms with Crippen LogP contribution in [0.4, 0.5) is 8.78 Å². The lowest BCUT2D eigenvalue weighted by Gasteiger charge is -2.24. The van der Waals surface area contributed by atoms with Crippen LogP contribution in [-0.4, -0.2) is 14.5 Å². The zero-order chi connectivity index (χ0) is 18.5. The molecule has 6 heteroatoms. The van der Waals surface area contributed by atoms with E-state index < -0.39 is 0 Å². The Morgan fingerprint density at radius 2 is 1.50 bits per heavy atom. The Morgan fingerprint density at radius 1 is 0.885 bits per heavy atom. The molecular weight excluding hydrogens is 352 g/mol. The summed E-state index contributed by atoms with van der Waals surface area (Å²) in [6.07, 6.45) is 0. The Labute approximate surface area is 154 Å². The minimum absolute atomic E-state index is 0.276. The van der Waals surface area contributed by atoms with Crippen LogP contribution in [0.5, 0.6) is 0 Å². The molecule has 0 fully saturated rings. The molecule has 0 radical (unpaired) electrons. The maximum atomic E-state index is 13.7. The van der Waals surface area contributed by atoms with Crippen molar-refractivity contribution in [2.45, 2.75) is 26.3 Å². The Kier molecular flexibility index (Phi) is 3.88. The van der Waals surface area contributed by atoms with Crippen molar-refractivity contribution in [1.82, 2.24) is 14.5 Å². The zero-order valence-corrected chi connectivity index (χ0v) is 15.4. The predicted molar refractivity (Wildman–Crippen MR) is 101 cm³/mol. The van der Waals surface area contributed by atoms with Crippen LogP contribution in [0.15, 0.2) is 48.5 Å². The molecule has 0 N–H and O–H groups in total. The molecule has 0 atom stereocenters. The molecule has 0 saturated heterocycles. The van der Waals surface area contributed by atoms with Gasteiger partial charge in [0.1, 0.15) is 27.3 Å². The van der Waals surface area contributed by atoms with E-state index in [0.717, 1.165) is 10.4 Å². The number of imidazole rings is 1. The molecule has 0 bridgehead atoms. The van der Waals surface area contributed by atoms with E-state index in [1.807, 2.05) is 12.1 Å². The fourth-order valence-corrected chi connectivity index (χ4v) is 4.15. The van der Waals surface area contributed by atoms with Crippen molar-refractivity contribution in [2.75, 3.05) is 0 Å². The van der Waals surface area contributed by atoms with Gasteiger partial charge in [0.2, 0.25) is 0 Å². The van der Waals surface area contributed by atoms with Gasteiger partial charge in [-0.2, -0.15) is 0 Å². The summed E-state index contributed by atoms with van der Waals surface area (Å²) in [7, 11) is 0. The van der Waals surface area contributed by atoms with Gasteiger partial charge in [-0.25, -0.2) is 18.7 Å². The van der Waals surface area contributed by atoms with Crippen LogP contribution in [-0.2, 0) is 5.54 Å². The highest BCUT2D eigenvalue weighted by Crippen LogP contribution is 2.37. The number of benzene rings is 2. The minimum Gasteiger partial charge on any atom is -0.309 e. The first-order chi connectivity index (χ1) is 12.3. The van der Waals surface area contributed by atoms with Crippen LogP contribution >= 0.6 is 11.3 Å². The summed E-state index contributed by atoms with van der Waals surface area (Å²) in [6, 6.07) is 12.8. The Bertz CT molecular complexity index is 1110. The first-order valence-electron chi connectivity index (χ1n) is 8.24. The van der Waals surface area contributed by atoms with Gasteiger partial charge in [0.05, 0.1) is 0 Å². The summed E-state index contributed by atoms with van der Waals surface area (Å²) in [6.45, 7) is 6.20. The molecule has 0 unspecified atom stereocenters. The molecule has 2 heterocycles. The van der Waals surface area contributed by atoms with Gasteiger partial charge in [0.25, 0.3) is 0 Å². The van der Waals surface area contributed by atoms with Gasteiger partial charge in [-0.15, -0.1) is 0 Å². The van der Waals surface area contributed by atoms with E-state index in [4.69, 9.17) is 0 Å². The lowest BCUT2D eigenvalue weighted by molar-refractivity contribution is 0.414. The number of thiazole rings is 1. The second-order valence-corrected chi connectivity index (χ2v) is 8.09. The van der Waals surface area contributed by atoms with Gasteiger partial charge in [-0.1, -0.05) is 35.6 Å². The van der Waals surface area contributed by atoms with Crippen LogP contribution in [0.1, 0.15) is 20.8 Å². The van der Waals surface area contributed by atoms with Gasteiger partial charge in [0.15, 0.2) is 5.65 Å². The van der Waals surface area contributed by atoms with Crippen molar-refractivity contribution >= 4 is 21.8 Å². The summed E-state index contributed by atoms with van der Waals surface area (Å²) >= 11 is 1.46. The molecular formula is C20H17F2N3S. The molecule has 4 rings (SSSR count). The summed E-state index contributed by atoms with van der Waals surface area (Å²) in [4.78, 5) is 10.1. The van der Waals surface area contributed by atoms with Crippen molar-refractivity contribution in [3.05, 3.63) is 60.2 Å². The van der Waals surface area contributed by atoms with Crippen LogP contribution in [0, 0.1) is 11.6 Å². The first kappa shape index (κ1) is 16.8. The molecule has 26 heavy (non-hydrogen) atoms. The third-order valence-corrected chi connectivity index (χ3v) is 5.12. The van der Waals surface area contributed by atoms with E-state index in [2.05, 4.69) is 35.3 Å². The second kappa shape index (κ2) is 5.99. The highest BCUT2D eigenvalue weighted by Gasteiger charge is 2.25. The smallest absolute Gasteiger partial charge is 0.190 e. The van der Waals surface area contributed by atoms with Crippen molar-refractivity contribution in [3.8, 4) is 22.0 Å². The van der Waals surface area contributed by atoms with Crippen LogP contribution in [0.3, 0.4) is 0 Å². The van der Waals surface area contributed by atoms with Crippen LogP contribution in [0.2, 0.25) is 0 Å². The van der Waals surface area contributed by atoms with Gasteiger partial charge in [-0.05, 0) is 45.0 Å². The average molecular weight is 369 g/mol. The van der Waals surface area contributed by atoms with Crippen molar-refractivity contribution in [1.29, 1.82) is 0 Å². The molecule has 132 valence electrons. The predicted octanol–water partition coefficient (Wildman–Crippen LogP) is 5.86. The molecule has 2 aromatic carbocycles. The highest BCUT2D eigenvalue weighted by molar-refractivity contribution is 7.21. The summed E-state index contributed by atoms with van der Waals surface area (Å²) < 4.78 is 29.3. The third kappa shape index (κ3) is 2.90. The molecule has 0 spiro atoms. The van der Waals surface area contributed by atoms with E-state index >= 15 is 0 Å². The van der Waals surface area contributed by atoms with E-state index in [0.29, 0.717) is 22.0 Å². The molecule has 0 aliphatic rings. The average Bonchev–Trinajstić information content (AvgIpc) is 3.11. The fourth-order valence-electron chi connectivity index (χ4n) is 2.96. The van der Waals surface area contributed by atoms with Crippen LogP contribution in [0.25, 0.3) is 32.4 Å². The maximum Gasteiger partial charge on any atom is 0.190 e. The lowest BCUT2D eigenvalue weighted by atomic mass is 10.1. The number of hydrogen-bond acceptors (Lipinski definition) is 3. The van der Waals surface area contributed by atoms with Crippen molar-refractivity contribution < 1.29 is 8.78 Å². The number of aromatic nitrogens is 3. The maximum absolute atomic E-state index is 13.7. The molecule has 3 nitrogen and oxygen atoms in total. The number of fused-ring (bicyclic) bond motifs is 1. The number of nitrogens with zero attached hydrogens (tertiary/aromatic N) is 3. The standard InChI is InChI=1S/C20H17F2N3S/c1-20(2,3)25-17(12-6-4-8-14(21)10-12)23-16-19(25)26-18(24-16)13-7-5-9-15(22)11-13/h4-11H,1-3H3. The second-order valence-electron chi connectivity index (χ2n) is 7.11. The minimum atomic E-state index is -0.303. The number of rotatable bonds is 2.